The van der Waals surface area contributed by atoms with Gasteiger partial charge in [0.25, 0.3) is 0 Å². The standard InChI is InChI=1S/C18H13BrCl2N2O3/c1-23-9-15(21)18(22-23)16(24)6-5-12-3-4-13(26-12)10-25-17-7-2-11(19)8-14(17)20/h2-9H,10H2,1H3/b6-5+. The number of benzene rings is 1. The Morgan fingerprint density at radius 3 is 2.81 bits per heavy atom. The van der Waals surface area contributed by atoms with Crippen LogP contribution in [-0.4, -0.2) is 15.6 Å². The lowest BCUT2D eigenvalue weighted by atomic mass is 10.2. The van der Waals surface area contributed by atoms with Gasteiger partial charge in [0.15, 0.2) is 5.69 Å². The van der Waals surface area contributed by atoms with Crippen molar-refractivity contribution in [3.63, 3.8) is 0 Å². The van der Waals surface area contributed by atoms with Gasteiger partial charge in [-0.2, -0.15) is 5.10 Å². The second-order valence-electron chi connectivity index (χ2n) is 5.36. The van der Waals surface area contributed by atoms with Crippen LogP contribution in [0.1, 0.15) is 22.0 Å². The minimum absolute atomic E-state index is 0.199. The first-order valence-corrected chi connectivity index (χ1v) is 9.05. The van der Waals surface area contributed by atoms with E-state index in [0.29, 0.717) is 27.3 Å². The van der Waals surface area contributed by atoms with Crippen LogP contribution in [0.2, 0.25) is 10.0 Å². The molecule has 5 nitrogen and oxygen atoms in total. The molecule has 2 heterocycles. The van der Waals surface area contributed by atoms with Gasteiger partial charge in [0.1, 0.15) is 23.9 Å². The van der Waals surface area contributed by atoms with Crippen molar-refractivity contribution in [2.45, 2.75) is 6.61 Å². The van der Waals surface area contributed by atoms with E-state index in [0.717, 1.165) is 4.47 Å². The van der Waals surface area contributed by atoms with Crippen molar-refractivity contribution >= 4 is 51.0 Å². The van der Waals surface area contributed by atoms with Crippen molar-refractivity contribution in [2.75, 3.05) is 0 Å². The molecule has 0 aliphatic rings. The number of carbonyl (C=O) groups excluding carboxylic acids is 1. The fraction of sp³-hybridized carbons (Fsp3) is 0.111. The number of aromatic nitrogens is 2. The fourth-order valence-corrected chi connectivity index (χ4v) is 3.17. The molecule has 0 N–H and O–H groups in total. The largest absolute Gasteiger partial charge is 0.484 e. The lowest BCUT2D eigenvalue weighted by Crippen LogP contribution is -1.98. The number of allylic oxidation sites excluding steroid dienone is 1. The average molecular weight is 456 g/mol. The molecular formula is C18H13BrCl2N2O3. The minimum Gasteiger partial charge on any atom is -0.484 e. The van der Waals surface area contributed by atoms with Crippen LogP contribution >= 0.6 is 39.1 Å². The van der Waals surface area contributed by atoms with E-state index in [1.54, 1.807) is 43.6 Å². The van der Waals surface area contributed by atoms with Crippen molar-refractivity contribution in [2.24, 2.45) is 7.05 Å². The van der Waals surface area contributed by atoms with Crippen LogP contribution in [0.25, 0.3) is 6.08 Å². The van der Waals surface area contributed by atoms with Gasteiger partial charge in [-0.3, -0.25) is 9.48 Å². The van der Waals surface area contributed by atoms with Crippen molar-refractivity contribution in [3.05, 3.63) is 74.3 Å². The number of ketones is 1. The third-order valence-electron chi connectivity index (χ3n) is 3.36. The predicted molar refractivity (Wildman–Crippen MR) is 104 cm³/mol. The Morgan fingerprint density at radius 2 is 2.12 bits per heavy atom. The maximum atomic E-state index is 12.1. The van der Waals surface area contributed by atoms with Crippen LogP contribution < -0.4 is 4.74 Å². The molecule has 1 aromatic carbocycles. The zero-order valence-corrected chi connectivity index (χ0v) is 16.7. The van der Waals surface area contributed by atoms with Crippen molar-refractivity contribution in [1.82, 2.24) is 9.78 Å². The molecule has 0 saturated heterocycles. The van der Waals surface area contributed by atoms with Gasteiger partial charge < -0.3 is 9.15 Å². The Kier molecular flexibility index (Phi) is 5.86. The molecule has 0 unspecified atom stereocenters. The molecule has 0 bridgehead atoms. The van der Waals surface area contributed by atoms with Crippen LogP contribution in [0.3, 0.4) is 0 Å². The van der Waals surface area contributed by atoms with Gasteiger partial charge >= 0.3 is 0 Å². The monoisotopic (exact) mass is 454 g/mol. The summed E-state index contributed by atoms with van der Waals surface area (Å²) in [5.41, 5.74) is 0.199. The first-order chi connectivity index (χ1) is 12.4. The van der Waals surface area contributed by atoms with Gasteiger partial charge in [-0.05, 0) is 42.5 Å². The maximum Gasteiger partial charge on any atom is 0.207 e. The molecular weight excluding hydrogens is 443 g/mol. The Hall–Kier alpha value is -2.02. The molecule has 0 aliphatic heterocycles. The number of ether oxygens (including phenoxy) is 1. The van der Waals surface area contributed by atoms with Crippen molar-refractivity contribution in [1.29, 1.82) is 0 Å². The van der Waals surface area contributed by atoms with Crippen LogP contribution in [0.5, 0.6) is 5.75 Å². The number of nitrogens with zero attached hydrogens (tertiary/aromatic N) is 2. The highest BCUT2D eigenvalue weighted by Crippen LogP contribution is 2.28. The predicted octanol–water partition coefficient (Wildman–Crippen LogP) is 5.56. The highest BCUT2D eigenvalue weighted by atomic mass is 79.9. The van der Waals surface area contributed by atoms with Crippen molar-refractivity contribution in [3.8, 4) is 5.75 Å². The highest BCUT2D eigenvalue weighted by molar-refractivity contribution is 9.10. The van der Waals surface area contributed by atoms with E-state index in [-0.39, 0.29) is 18.1 Å². The van der Waals surface area contributed by atoms with Crippen LogP contribution in [0, 0.1) is 0 Å². The van der Waals surface area contributed by atoms with Gasteiger partial charge in [0, 0.05) is 17.7 Å². The number of hydrogen-bond donors (Lipinski definition) is 0. The third-order valence-corrected chi connectivity index (χ3v) is 4.43. The number of halogens is 3. The summed E-state index contributed by atoms with van der Waals surface area (Å²) in [7, 11) is 1.70. The Morgan fingerprint density at radius 1 is 1.31 bits per heavy atom. The zero-order valence-electron chi connectivity index (χ0n) is 13.6. The molecule has 0 atom stereocenters. The van der Waals surface area contributed by atoms with Crippen molar-refractivity contribution < 1.29 is 13.9 Å². The Labute approximate surface area is 168 Å². The number of hydrogen-bond acceptors (Lipinski definition) is 4. The summed E-state index contributed by atoms with van der Waals surface area (Å²) in [6.07, 6.45) is 4.49. The van der Waals surface area contributed by atoms with Crippen LogP contribution in [-0.2, 0) is 13.7 Å². The SMILES string of the molecule is Cn1cc(Cl)c(C(=O)/C=C/c2ccc(COc3ccc(Br)cc3Cl)o2)n1. The number of furan rings is 1. The molecule has 0 amide bonds. The highest BCUT2D eigenvalue weighted by Gasteiger charge is 2.12. The molecule has 0 aliphatic carbocycles. The smallest absolute Gasteiger partial charge is 0.207 e. The third kappa shape index (κ3) is 4.58. The summed E-state index contributed by atoms with van der Waals surface area (Å²) in [6, 6.07) is 8.87. The summed E-state index contributed by atoms with van der Waals surface area (Å²) in [5.74, 6) is 1.38. The molecule has 3 rings (SSSR count). The molecule has 26 heavy (non-hydrogen) atoms. The first kappa shape index (κ1) is 18.8. The molecule has 2 aromatic heterocycles. The van der Waals surface area contributed by atoms with E-state index in [2.05, 4.69) is 21.0 Å². The fourth-order valence-electron chi connectivity index (χ4n) is 2.17. The lowest BCUT2D eigenvalue weighted by Gasteiger charge is -2.06. The number of carbonyl (C=O) groups is 1. The van der Waals surface area contributed by atoms with Gasteiger partial charge in [-0.25, -0.2) is 0 Å². The summed E-state index contributed by atoms with van der Waals surface area (Å²) in [5, 5.41) is 4.83. The summed E-state index contributed by atoms with van der Waals surface area (Å²) >= 11 is 15.4. The van der Waals surface area contributed by atoms with E-state index in [4.69, 9.17) is 32.4 Å². The number of rotatable bonds is 6. The molecule has 8 heteroatoms. The molecule has 3 aromatic rings. The molecule has 0 saturated carbocycles. The van der Waals surface area contributed by atoms with E-state index >= 15 is 0 Å². The first-order valence-electron chi connectivity index (χ1n) is 7.50. The molecule has 134 valence electrons. The minimum atomic E-state index is -0.300. The van der Waals surface area contributed by atoms with E-state index < -0.39 is 0 Å². The van der Waals surface area contributed by atoms with E-state index in [1.165, 1.54) is 10.8 Å². The quantitative estimate of drug-likeness (QED) is 0.360. The summed E-state index contributed by atoms with van der Waals surface area (Å²) in [4.78, 5) is 12.1. The van der Waals surface area contributed by atoms with Gasteiger partial charge in [0.2, 0.25) is 5.78 Å². The lowest BCUT2D eigenvalue weighted by molar-refractivity contribution is 0.104. The normalized spacial score (nSPS) is 11.2. The molecule has 0 fully saturated rings. The van der Waals surface area contributed by atoms with E-state index in [1.807, 2.05) is 6.07 Å². The second kappa shape index (κ2) is 8.12. The summed E-state index contributed by atoms with van der Waals surface area (Å²) < 4.78 is 13.6. The zero-order chi connectivity index (χ0) is 18.7. The van der Waals surface area contributed by atoms with Crippen LogP contribution in [0.4, 0.5) is 0 Å². The summed E-state index contributed by atoms with van der Waals surface area (Å²) in [6.45, 7) is 0.217. The Balaban J connectivity index is 1.62. The maximum absolute atomic E-state index is 12.1. The van der Waals surface area contributed by atoms with Gasteiger partial charge in [0.05, 0.1) is 10.0 Å². The molecule has 0 spiro atoms. The van der Waals surface area contributed by atoms with E-state index in [9.17, 15) is 4.79 Å². The van der Waals surface area contributed by atoms with Gasteiger partial charge in [-0.15, -0.1) is 0 Å². The second-order valence-corrected chi connectivity index (χ2v) is 7.09. The van der Waals surface area contributed by atoms with Crippen LogP contribution in [0.15, 0.2) is 51.5 Å². The van der Waals surface area contributed by atoms with Gasteiger partial charge in [-0.1, -0.05) is 39.1 Å². The molecule has 0 radical (unpaired) electrons. The topological polar surface area (TPSA) is 57.3 Å². The number of aryl methyl sites for hydroxylation is 1. The average Bonchev–Trinajstić information content (AvgIpc) is 3.18. The Bertz CT molecular complexity index is 979.